The summed E-state index contributed by atoms with van der Waals surface area (Å²) in [6.45, 7) is 1.30. The third-order valence-corrected chi connectivity index (χ3v) is 0.890. The second-order valence-corrected chi connectivity index (χ2v) is 2.23. The van der Waals surface area contributed by atoms with Crippen molar-refractivity contribution in [1.29, 1.82) is 0 Å². The average molecular weight is 221 g/mol. The van der Waals surface area contributed by atoms with Gasteiger partial charge >= 0.3 is 18.1 Å². The maximum absolute atomic E-state index is 10.3. The largest absolute Gasteiger partial charge is 0.352 e. The average Bonchev–Trinajstić information content (AvgIpc) is 2.33. The van der Waals surface area contributed by atoms with Gasteiger partial charge in [0.2, 0.25) is 0 Å². The molecule has 1 aliphatic heterocycles. The van der Waals surface area contributed by atoms with E-state index in [0.717, 1.165) is 5.01 Å². The van der Waals surface area contributed by atoms with E-state index in [1.165, 1.54) is 0 Å². The van der Waals surface area contributed by atoms with Gasteiger partial charge in [0, 0.05) is 6.54 Å². The van der Waals surface area contributed by atoms with Crippen LogP contribution < -0.4 is 34.1 Å². The van der Waals surface area contributed by atoms with Gasteiger partial charge in [0.05, 0.1) is 6.54 Å². The molecule has 6 amide bonds. The number of rotatable bonds is 0. The Labute approximate surface area is 85.7 Å². The van der Waals surface area contributed by atoms with Crippen LogP contribution in [-0.2, 0) is 0 Å². The molecule has 0 spiro atoms. The van der Waals surface area contributed by atoms with E-state index in [9.17, 15) is 4.79 Å². The number of primary amides is 4. The van der Waals surface area contributed by atoms with Gasteiger partial charge in [-0.15, -0.1) is 0 Å². The van der Waals surface area contributed by atoms with Crippen molar-refractivity contribution < 1.29 is 14.4 Å². The summed E-state index contributed by atoms with van der Waals surface area (Å²) < 4.78 is 0. The van der Waals surface area contributed by atoms with Gasteiger partial charge in [-0.25, -0.2) is 20.2 Å². The molecule has 0 aromatic carbocycles. The van der Waals surface area contributed by atoms with Crippen molar-refractivity contribution in [2.24, 2.45) is 28.8 Å². The number of nitrogens with zero attached hydrogens (tertiary/aromatic N) is 1. The molecule has 1 saturated heterocycles. The van der Waals surface area contributed by atoms with Crippen LogP contribution >= 0.6 is 0 Å². The molecule has 1 rings (SSSR count). The highest BCUT2D eigenvalue weighted by Gasteiger charge is 2.13. The quantitative estimate of drug-likeness (QED) is 0.186. The first-order valence-corrected chi connectivity index (χ1v) is 3.67. The van der Waals surface area contributed by atoms with E-state index < -0.39 is 12.1 Å². The Hall–Kier alpha value is -2.23. The lowest BCUT2D eigenvalue weighted by Crippen LogP contribution is -2.34. The van der Waals surface area contributed by atoms with Crippen LogP contribution in [0.25, 0.3) is 0 Å². The third kappa shape index (κ3) is 18.6. The number of nitrogens with two attached hydrogens (primary N) is 5. The Bertz CT molecular complexity index is 211. The van der Waals surface area contributed by atoms with Crippen molar-refractivity contribution in [2.45, 2.75) is 0 Å². The number of hydrazine groups is 1. The van der Waals surface area contributed by atoms with E-state index in [0.29, 0.717) is 13.1 Å². The van der Waals surface area contributed by atoms with Crippen LogP contribution in [0.5, 0.6) is 0 Å². The fourth-order valence-electron chi connectivity index (χ4n) is 0.486. The van der Waals surface area contributed by atoms with Gasteiger partial charge in [-0.3, -0.25) is 5.01 Å². The van der Waals surface area contributed by atoms with Gasteiger partial charge < -0.3 is 28.3 Å². The predicted molar refractivity (Wildman–Crippen MR) is 51.8 cm³/mol. The van der Waals surface area contributed by atoms with Crippen molar-refractivity contribution in [2.75, 3.05) is 13.1 Å². The van der Waals surface area contributed by atoms with Crippen LogP contribution in [0, 0.1) is 0 Å². The summed E-state index contributed by atoms with van der Waals surface area (Å²) in [5.41, 5.74) is 17.0. The lowest BCUT2D eigenvalue weighted by atomic mass is 10.7. The zero-order valence-corrected chi connectivity index (χ0v) is 7.97. The van der Waals surface area contributed by atoms with Crippen molar-refractivity contribution >= 4 is 18.1 Å². The number of hydrogen-bond acceptors (Lipinski definition) is 4. The molecule has 11 N–H and O–H groups in total. The number of amides is 6. The summed E-state index contributed by atoms with van der Waals surface area (Å²) >= 11 is 0. The van der Waals surface area contributed by atoms with E-state index in [1.807, 2.05) is 0 Å². The van der Waals surface area contributed by atoms with Crippen LogP contribution in [0.4, 0.5) is 14.4 Å². The maximum atomic E-state index is 10.3. The summed E-state index contributed by atoms with van der Waals surface area (Å²) in [4.78, 5) is 28.3. The molecule has 0 radical (unpaired) electrons. The van der Waals surface area contributed by atoms with Crippen LogP contribution in [0.15, 0.2) is 0 Å². The molecular weight excluding hydrogens is 206 g/mol. The Morgan fingerprint density at radius 3 is 1.53 bits per heavy atom. The first kappa shape index (κ1) is 15.3. The van der Waals surface area contributed by atoms with E-state index in [4.69, 9.17) is 15.4 Å². The Morgan fingerprint density at radius 1 is 1.13 bits per heavy atom. The zero-order valence-electron chi connectivity index (χ0n) is 7.97. The monoisotopic (exact) mass is 221 g/mol. The van der Waals surface area contributed by atoms with Gasteiger partial charge in [-0.2, -0.15) is 0 Å². The molecule has 1 fully saturated rings. The summed E-state index contributed by atoms with van der Waals surface area (Å²) in [6, 6.07) is -1.85. The lowest BCUT2D eigenvalue weighted by molar-refractivity contribution is 0.218. The summed E-state index contributed by atoms with van der Waals surface area (Å²) in [5, 5.41) is 3.68. The van der Waals surface area contributed by atoms with Crippen LogP contribution in [0.2, 0.25) is 0 Å². The van der Waals surface area contributed by atoms with E-state index in [2.05, 4.69) is 28.3 Å². The van der Waals surface area contributed by atoms with Crippen molar-refractivity contribution in [3.8, 4) is 0 Å². The highest BCUT2D eigenvalue weighted by molar-refractivity contribution is 5.75. The van der Waals surface area contributed by atoms with Gasteiger partial charge in [-0.05, 0) is 0 Å². The van der Waals surface area contributed by atoms with Crippen LogP contribution in [0.3, 0.4) is 0 Å². The van der Waals surface area contributed by atoms with Gasteiger partial charge in [0.15, 0.2) is 0 Å². The Kier molecular flexibility index (Phi) is 8.51. The van der Waals surface area contributed by atoms with Gasteiger partial charge in [0.1, 0.15) is 0 Å². The molecule has 1 heterocycles. The Morgan fingerprint density at radius 2 is 1.47 bits per heavy atom. The minimum absolute atomic E-state index is 0.181. The molecule has 0 aromatic heterocycles. The first-order chi connectivity index (χ1) is 6.77. The SMILES string of the molecule is NC(N)=O.NC(N)=O.NN1CCNC1=O. The lowest BCUT2D eigenvalue weighted by Gasteiger charge is -2.01. The van der Waals surface area contributed by atoms with E-state index in [1.54, 1.807) is 0 Å². The molecule has 0 unspecified atom stereocenters. The van der Waals surface area contributed by atoms with E-state index in [-0.39, 0.29) is 6.03 Å². The summed E-state index contributed by atoms with van der Waals surface area (Å²) in [5.74, 6) is 5.10. The van der Waals surface area contributed by atoms with Crippen LogP contribution in [-0.4, -0.2) is 36.2 Å². The molecular formula is C5H15N7O3. The standard InChI is InChI=1S/C3H7N3O.2CH4N2O/c4-6-2-1-5-3(6)7;2*2-1(3)4/h1-2,4H2,(H,5,7);2*(H4,2,3,4). The summed E-state index contributed by atoms with van der Waals surface area (Å²) in [7, 11) is 0. The zero-order chi connectivity index (χ0) is 12.4. The molecule has 0 bridgehead atoms. The van der Waals surface area contributed by atoms with Crippen molar-refractivity contribution in [3.05, 3.63) is 0 Å². The van der Waals surface area contributed by atoms with Crippen molar-refractivity contribution in [3.63, 3.8) is 0 Å². The molecule has 88 valence electrons. The molecule has 1 aliphatic rings. The fraction of sp³-hybridized carbons (Fsp3) is 0.400. The molecule has 0 aromatic rings. The first-order valence-electron chi connectivity index (χ1n) is 3.67. The molecule has 15 heavy (non-hydrogen) atoms. The van der Waals surface area contributed by atoms with Gasteiger partial charge in [0.25, 0.3) is 0 Å². The molecule has 0 saturated carbocycles. The summed E-state index contributed by atoms with van der Waals surface area (Å²) in [6.07, 6.45) is 0. The smallest absolute Gasteiger partial charge is 0.331 e. The van der Waals surface area contributed by atoms with Crippen LogP contribution in [0.1, 0.15) is 0 Å². The molecule has 0 aliphatic carbocycles. The highest BCUT2D eigenvalue weighted by Crippen LogP contribution is 1.84. The van der Waals surface area contributed by atoms with Crippen molar-refractivity contribution in [1.82, 2.24) is 10.3 Å². The second-order valence-electron chi connectivity index (χ2n) is 2.23. The number of carbonyl (C=O) groups excluding carboxylic acids is 3. The molecule has 10 heteroatoms. The normalized spacial score (nSPS) is 12.6. The second kappa shape index (κ2) is 8.37. The minimum atomic E-state index is -0.833. The van der Waals surface area contributed by atoms with E-state index >= 15 is 0 Å². The minimum Gasteiger partial charge on any atom is -0.352 e. The maximum Gasteiger partial charge on any atom is 0.331 e. The highest BCUT2D eigenvalue weighted by atomic mass is 16.2. The number of urea groups is 3. The topological polar surface area (TPSA) is 197 Å². The third-order valence-electron chi connectivity index (χ3n) is 0.890. The number of carbonyl (C=O) groups is 3. The predicted octanol–water partition coefficient (Wildman–Crippen LogP) is -3.07. The fourth-order valence-corrected chi connectivity index (χ4v) is 0.486. The molecule has 0 atom stereocenters. The molecule has 10 nitrogen and oxygen atoms in total. The Balaban J connectivity index is 0. The number of nitrogens with one attached hydrogen (secondary N) is 1. The van der Waals surface area contributed by atoms with Gasteiger partial charge in [-0.1, -0.05) is 0 Å². The number of hydrogen-bond donors (Lipinski definition) is 6.